The second-order valence-electron chi connectivity index (χ2n) is 6.77. The van der Waals surface area contributed by atoms with Crippen LogP contribution in [0.3, 0.4) is 0 Å². The molecule has 0 aliphatic carbocycles. The van der Waals surface area contributed by atoms with Crippen LogP contribution in [0.4, 0.5) is 0 Å². The number of hydrogen-bond acceptors (Lipinski definition) is 4. The summed E-state index contributed by atoms with van der Waals surface area (Å²) in [5.74, 6) is 0.705. The summed E-state index contributed by atoms with van der Waals surface area (Å²) in [4.78, 5) is 0. The quantitative estimate of drug-likeness (QED) is 0.748. The summed E-state index contributed by atoms with van der Waals surface area (Å²) in [5, 5.41) is 3.77. The summed E-state index contributed by atoms with van der Waals surface area (Å²) in [6, 6.07) is 0.587. The minimum absolute atomic E-state index is 0.0158. The fraction of sp³-hybridized carbons (Fsp3) is 1.00. The summed E-state index contributed by atoms with van der Waals surface area (Å²) in [5.41, 5.74) is 0.0158. The van der Waals surface area contributed by atoms with Gasteiger partial charge in [-0.1, -0.05) is 6.92 Å². The molecular weight excluding hydrogens is 266 g/mol. The van der Waals surface area contributed by atoms with Gasteiger partial charge in [-0.05, 0) is 51.5 Å². The largest absolute Gasteiger partial charge is 0.382 e. The summed E-state index contributed by atoms with van der Waals surface area (Å²) >= 11 is 0. The molecule has 2 saturated heterocycles. The third-order valence-electron chi connectivity index (χ3n) is 5.11. The average molecular weight is 299 g/mol. The fourth-order valence-electron chi connectivity index (χ4n) is 3.64. The SMILES string of the molecule is CCCNC(CCC(C)OC)C1CCOC2(CCOC2)C1. The third kappa shape index (κ3) is 4.92. The Morgan fingerprint density at radius 3 is 2.86 bits per heavy atom. The molecule has 0 amide bonds. The van der Waals surface area contributed by atoms with E-state index in [9.17, 15) is 0 Å². The molecule has 124 valence electrons. The Balaban J connectivity index is 1.91. The predicted molar refractivity (Wildman–Crippen MR) is 84.6 cm³/mol. The molecule has 21 heavy (non-hydrogen) atoms. The highest BCUT2D eigenvalue weighted by atomic mass is 16.6. The number of ether oxygens (including phenoxy) is 3. The first-order chi connectivity index (χ1) is 10.2. The van der Waals surface area contributed by atoms with Crippen molar-refractivity contribution in [3.05, 3.63) is 0 Å². The maximum absolute atomic E-state index is 6.08. The third-order valence-corrected chi connectivity index (χ3v) is 5.11. The minimum Gasteiger partial charge on any atom is -0.382 e. The predicted octanol–water partition coefficient (Wildman–Crippen LogP) is 2.76. The number of methoxy groups -OCH3 is 1. The zero-order chi connectivity index (χ0) is 15.1. The zero-order valence-corrected chi connectivity index (χ0v) is 14.0. The Hall–Kier alpha value is -0.160. The number of hydrogen-bond donors (Lipinski definition) is 1. The molecule has 2 rings (SSSR count). The van der Waals surface area contributed by atoms with Crippen LogP contribution >= 0.6 is 0 Å². The summed E-state index contributed by atoms with van der Waals surface area (Å²) in [7, 11) is 1.80. The van der Waals surface area contributed by atoms with Gasteiger partial charge in [0.25, 0.3) is 0 Å². The highest BCUT2D eigenvalue weighted by molar-refractivity contribution is 4.93. The zero-order valence-electron chi connectivity index (χ0n) is 14.0. The molecule has 0 bridgehead atoms. The summed E-state index contributed by atoms with van der Waals surface area (Å²) < 4.78 is 17.1. The Morgan fingerprint density at radius 2 is 2.19 bits per heavy atom. The minimum atomic E-state index is 0.0158. The average Bonchev–Trinajstić information content (AvgIpc) is 2.94. The van der Waals surface area contributed by atoms with Crippen LogP contribution in [0.5, 0.6) is 0 Å². The highest BCUT2D eigenvalue weighted by Gasteiger charge is 2.42. The van der Waals surface area contributed by atoms with Gasteiger partial charge in [0.15, 0.2) is 0 Å². The maximum Gasteiger partial charge on any atom is 0.0939 e. The molecule has 4 unspecified atom stereocenters. The van der Waals surface area contributed by atoms with Crippen LogP contribution in [0.25, 0.3) is 0 Å². The van der Waals surface area contributed by atoms with Crippen molar-refractivity contribution in [3.63, 3.8) is 0 Å². The van der Waals surface area contributed by atoms with Crippen molar-refractivity contribution in [1.82, 2.24) is 5.32 Å². The van der Waals surface area contributed by atoms with Gasteiger partial charge >= 0.3 is 0 Å². The Kier molecular flexibility index (Phi) is 6.93. The van der Waals surface area contributed by atoms with Crippen molar-refractivity contribution in [2.24, 2.45) is 5.92 Å². The first-order valence-electron chi connectivity index (χ1n) is 8.67. The Bertz CT molecular complexity index is 292. The van der Waals surface area contributed by atoms with Crippen molar-refractivity contribution >= 4 is 0 Å². The lowest BCUT2D eigenvalue weighted by Crippen LogP contribution is -2.47. The van der Waals surface area contributed by atoms with Crippen molar-refractivity contribution in [2.75, 3.05) is 33.5 Å². The molecule has 2 heterocycles. The molecule has 4 atom stereocenters. The van der Waals surface area contributed by atoms with Gasteiger partial charge in [-0.3, -0.25) is 0 Å². The normalized spacial score (nSPS) is 32.4. The van der Waals surface area contributed by atoms with Crippen molar-refractivity contribution in [3.8, 4) is 0 Å². The topological polar surface area (TPSA) is 39.7 Å². The molecule has 1 spiro atoms. The van der Waals surface area contributed by atoms with Crippen LogP contribution in [0.2, 0.25) is 0 Å². The first-order valence-corrected chi connectivity index (χ1v) is 8.67. The molecule has 1 N–H and O–H groups in total. The van der Waals surface area contributed by atoms with Crippen LogP contribution in [0.15, 0.2) is 0 Å². The number of nitrogens with one attached hydrogen (secondary N) is 1. The lowest BCUT2D eigenvalue weighted by atomic mass is 9.79. The van der Waals surface area contributed by atoms with Crippen LogP contribution < -0.4 is 5.32 Å². The highest BCUT2D eigenvalue weighted by Crippen LogP contribution is 2.37. The molecule has 0 aromatic heterocycles. The van der Waals surface area contributed by atoms with E-state index < -0.39 is 0 Å². The molecule has 0 aromatic carbocycles. The van der Waals surface area contributed by atoms with E-state index in [0.29, 0.717) is 18.1 Å². The van der Waals surface area contributed by atoms with Crippen LogP contribution in [0, 0.1) is 5.92 Å². The molecular formula is C17H33NO3. The lowest BCUT2D eigenvalue weighted by molar-refractivity contribution is -0.103. The standard InChI is InChI=1S/C17H33NO3/c1-4-9-18-16(6-5-14(2)19-3)15-7-10-21-17(12-15)8-11-20-13-17/h14-16,18H,4-13H2,1-3H3. The second-order valence-corrected chi connectivity index (χ2v) is 6.77. The Morgan fingerprint density at radius 1 is 1.33 bits per heavy atom. The lowest BCUT2D eigenvalue weighted by Gasteiger charge is -2.41. The van der Waals surface area contributed by atoms with Gasteiger partial charge in [0.1, 0.15) is 0 Å². The molecule has 0 saturated carbocycles. The van der Waals surface area contributed by atoms with E-state index in [1.165, 1.54) is 19.3 Å². The summed E-state index contributed by atoms with van der Waals surface area (Å²) in [6.45, 7) is 8.04. The smallest absolute Gasteiger partial charge is 0.0939 e. The van der Waals surface area contributed by atoms with Gasteiger partial charge in [-0.2, -0.15) is 0 Å². The van der Waals surface area contributed by atoms with Gasteiger partial charge in [0, 0.05) is 32.8 Å². The van der Waals surface area contributed by atoms with E-state index in [1.54, 1.807) is 7.11 Å². The van der Waals surface area contributed by atoms with Crippen molar-refractivity contribution in [2.45, 2.75) is 70.1 Å². The maximum atomic E-state index is 6.08. The first kappa shape index (κ1) is 17.2. The van der Waals surface area contributed by atoms with E-state index in [-0.39, 0.29) is 5.60 Å². The molecule has 2 aliphatic rings. The molecule has 2 fully saturated rings. The molecule has 0 aromatic rings. The fourth-order valence-corrected chi connectivity index (χ4v) is 3.64. The van der Waals surface area contributed by atoms with Crippen molar-refractivity contribution < 1.29 is 14.2 Å². The van der Waals surface area contributed by atoms with Gasteiger partial charge in [0.2, 0.25) is 0 Å². The van der Waals surface area contributed by atoms with E-state index in [0.717, 1.165) is 45.6 Å². The van der Waals surface area contributed by atoms with Gasteiger partial charge in [-0.25, -0.2) is 0 Å². The monoisotopic (exact) mass is 299 g/mol. The van der Waals surface area contributed by atoms with E-state index in [4.69, 9.17) is 14.2 Å². The molecule has 4 heteroatoms. The van der Waals surface area contributed by atoms with Crippen LogP contribution in [-0.4, -0.2) is 51.2 Å². The summed E-state index contributed by atoms with van der Waals surface area (Å²) in [6.07, 6.45) is 7.24. The Labute approximate surface area is 129 Å². The van der Waals surface area contributed by atoms with E-state index in [1.807, 2.05) is 0 Å². The van der Waals surface area contributed by atoms with Crippen LogP contribution in [0.1, 0.15) is 52.4 Å². The van der Waals surface area contributed by atoms with Gasteiger partial charge < -0.3 is 19.5 Å². The van der Waals surface area contributed by atoms with Crippen molar-refractivity contribution in [1.29, 1.82) is 0 Å². The van der Waals surface area contributed by atoms with Gasteiger partial charge in [-0.15, -0.1) is 0 Å². The second kappa shape index (κ2) is 8.47. The number of rotatable bonds is 8. The molecule has 2 aliphatic heterocycles. The van der Waals surface area contributed by atoms with E-state index >= 15 is 0 Å². The molecule has 4 nitrogen and oxygen atoms in total. The van der Waals surface area contributed by atoms with E-state index in [2.05, 4.69) is 19.2 Å². The van der Waals surface area contributed by atoms with Crippen LogP contribution in [-0.2, 0) is 14.2 Å². The van der Waals surface area contributed by atoms with Gasteiger partial charge in [0.05, 0.1) is 18.3 Å². The molecule has 0 radical (unpaired) electrons.